The number of nitrogens with zero attached hydrogens (tertiary/aromatic N) is 5. The highest BCUT2D eigenvalue weighted by atomic mass is 35.5. The van der Waals surface area contributed by atoms with Crippen LogP contribution in [0.1, 0.15) is 34.7 Å². The molecule has 0 bridgehead atoms. The highest BCUT2D eigenvalue weighted by molar-refractivity contribution is 6.32. The van der Waals surface area contributed by atoms with Crippen LogP contribution in [0.15, 0.2) is 36.7 Å². The fourth-order valence-electron chi connectivity index (χ4n) is 4.18. The van der Waals surface area contributed by atoms with Crippen molar-refractivity contribution in [3.05, 3.63) is 64.5 Å². The molecule has 4 aromatic rings. The van der Waals surface area contributed by atoms with Gasteiger partial charge in [0.15, 0.2) is 11.6 Å². The first-order valence-electron chi connectivity index (χ1n) is 10.7. The molecule has 1 aliphatic rings. The largest absolute Gasteiger partial charge is 0.494 e. The number of methoxy groups -OCH3 is 1. The number of fused-ring (bicyclic) bond motifs is 1. The molecule has 0 radical (unpaired) electrons. The predicted molar refractivity (Wildman–Crippen MR) is 123 cm³/mol. The summed E-state index contributed by atoms with van der Waals surface area (Å²) in [7, 11) is 1.35. The molecule has 2 aromatic carbocycles. The van der Waals surface area contributed by atoms with Gasteiger partial charge >= 0.3 is 0 Å². The smallest absolute Gasteiger partial charge is 0.260 e. The molecule has 0 unspecified atom stereocenters. The molecule has 1 amide bonds. The minimum atomic E-state index is -0.785. The monoisotopic (exact) mass is 484 g/mol. The normalized spacial score (nSPS) is 18.4. The van der Waals surface area contributed by atoms with E-state index >= 15 is 4.39 Å². The number of carbonyl (C=O) groups excluding carboxylic acids is 1. The van der Waals surface area contributed by atoms with Crippen LogP contribution in [0.2, 0.25) is 5.02 Å². The van der Waals surface area contributed by atoms with E-state index in [4.69, 9.17) is 26.1 Å². The van der Waals surface area contributed by atoms with Gasteiger partial charge in [0, 0.05) is 11.6 Å². The zero-order valence-electron chi connectivity index (χ0n) is 18.7. The van der Waals surface area contributed by atoms with Gasteiger partial charge in [0.2, 0.25) is 0 Å². The number of halogens is 2. The summed E-state index contributed by atoms with van der Waals surface area (Å²) in [6, 6.07) is 6.05. The Balaban J connectivity index is 1.62. The van der Waals surface area contributed by atoms with E-state index in [1.54, 1.807) is 17.0 Å². The summed E-state index contributed by atoms with van der Waals surface area (Å²) in [4.78, 5) is 24.7. The van der Waals surface area contributed by atoms with E-state index < -0.39 is 17.8 Å². The van der Waals surface area contributed by atoms with Gasteiger partial charge in [0.1, 0.15) is 23.1 Å². The maximum Gasteiger partial charge on any atom is 0.260 e. The molecule has 9 nitrogen and oxygen atoms in total. The van der Waals surface area contributed by atoms with Crippen molar-refractivity contribution >= 4 is 28.5 Å². The van der Waals surface area contributed by atoms with Gasteiger partial charge in [0.05, 0.1) is 43.2 Å². The Hall–Kier alpha value is -3.50. The van der Waals surface area contributed by atoms with Gasteiger partial charge in [-0.2, -0.15) is 15.0 Å². The molecule has 0 saturated carbocycles. The summed E-state index contributed by atoms with van der Waals surface area (Å²) >= 11 is 6.26. The van der Waals surface area contributed by atoms with Crippen LogP contribution < -0.4 is 4.74 Å². The highest BCUT2D eigenvalue weighted by Crippen LogP contribution is 2.33. The molecule has 11 heteroatoms. The highest BCUT2D eigenvalue weighted by Gasteiger charge is 2.37. The van der Waals surface area contributed by atoms with Crippen molar-refractivity contribution < 1.29 is 18.7 Å². The number of rotatable bonds is 4. The molecule has 1 N–H and O–H groups in total. The Labute approximate surface area is 199 Å². The Morgan fingerprint density at radius 3 is 2.76 bits per heavy atom. The van der Waals surface area contributed by atoms with Gasteiger partial charge in [0.25, 0.3) is 5.91 Å². The van der Waals surface area contributed by atoms with Crippen molar-refractivity contribution in [2.75, 3.05) is 20.3 Å². The third-order valence-electron chi connectivity index (χ3n) is 5.96. The molecule has 176 valence electrons. The number of benzene rings is 2. The first-order valence-corrected chi connectivity index (χ1v) is 11.1. The second-order valence-corrected chi connectivity index (χ2v) is 8.51. The number of amides is 1. The molecule has 1 aliphatic heterocycles. The SMILES string of the molecule is COc1ccc(-n2nccn2)c(C(=O)N2C[C@@H](C)OC[C@@H]2c2nc3c(C)c(Cl)ccc3[nH]2)c1F. The summed E-state index contributed by atoms with van der Waals surface area (Å²) in [6.45, 7) is 4.17. The third kappa shape index (κ3) is 3.68. The van der Waals surface area contributed by atoms with Crippen LogP contribution in [0.3, 0.4) is 0 Å². The molecular weight excluding hydrogens is 463 g/mol. The Kier molecular flexibility index (Phi) is 5.70. The number of carbonyl (C=O) groups is 1. The fourth-order valence-corrected chi connectivity index (χ4v) is 4.33. The number of hydrogen-bond donors (Lipinski definition) is 1. The van der Waals surface area contributed by atoms with Crippen LogP contribution in [0.4, 0.5) is 4.39 Å². The number of aromatic nitrogens is 5. The number of morpholine rings is 1. The van der Waals surface area contributed by atoms with Crippen LogP contribution in [0, 0.1) is 12.7 Å². The van der Waals surface area contributed by atoms with Crippen LogP contribution in [0.25, 0.3) is 16.7 Å². The summed E-state index contributed by atoms with van der Waals surface area (Å²) in [5.74, 6) is -0.847. The van der Waals surface area contributed by atoms with Gasteiger partial charge in [-0.3, -0.25) is 4.79 Å². The lowest BCUT2D eigenvalue weighted by Crippen LogP contribution is -2.47. The topological polar surface area (TPSA) is 98.2 Å². The van der Waals surface area contributed by atoms with Gasteiger partial charge in [-0.05, 0) is 43.7 Å². The number of H-pyrrole nitrogens is 1. The summed E-state index contributed by atoms with van der Waals surface area (Å²) < 4.78 is 26.5. The predicted octanol–water partition coefficient (Wildman–Crippen LogP) is 3.86. The standard InChI is InChI=1S/C23H22ClFN6O3/c1-12-10-30(17(11-34-12)22-28-15-5-4-14(24)13(2)21(15)29-22)23(32)19-16(31-26-8-9-27-31)6-7-18(33-3)20(19)25/h4-9,12,17H,10-11H2,1-3H3,(H,28,29)/t12-,17-/m1/s1. The zero-order valence-corrected chi connectivity index (χ0v) is 19.5. The second-order valence-electron chi connectivity index (χ2n) is 8.10. The number of nitrogens with one attached hydrogen (secondary N) is 1. The number of aromatic amines is 1. The maximum atomic E-state index is 15.5. The summed E-state index contributed by atoms with van der Waals surface area (Å²) in [5.41, 5.74) is 2.35. The molecule has 2 aromatic heterocycles. The summed E-state index contributed by atoms with van der Waals surface area (Å²) in [5, 5.41) is 8.76. The molecular formula is C23H22ClFN6O3. The Bertz CT molecular complexity index is 1370. The fraction of sp³-hybridized carbons (Fsp3) is 0.304. The van der Waals surface area contributed by atoms with Crippen LogP contribution >= 0.6 is 11.6 Å². The van der Waals surface area contributed by atoms with E-state index in [2.05, 4.69) is 15.2 Å². The van der Waals surface area contributed by atoms with Crippen LogP contribution in [-0.4, -0.2) is 62.1 Å². The molecule has 0 spiro atoms. The number of ether oxygens (including phenoxy) is 2. The molecule has 0 aliphatic carbocycles. The van der Waals surface area contributed by atoms with Gasteiger partial charge in [-0.15, -0.1) is 0 Å². The lowest BCUT2D eigenvalue weighted by molar-refractivity contribution is -0.0468. The summed E-state index contributed by atoms with van der Waals surface area (Å²) in [6.07, 6.45) is 2.66. The number of aryl methyl sites for hydroxylation is 1. The molecule has 1 saturated heterocycles. The van der Waals surface area contributed by atoms with Crippen molar-refractivity contribution in [2.45, 2.75) is 26.0 Å². The van der Waals surface area contributed by atoms with E-state index in [0.29, 0.717) is 16.4 Å². The minimum absolute atomic E-state index is 0.0499. The maximum absolute atomic E-state index is 15.5. The van der Waals surface area contributed by atoms with Gasteiger partial charge < -0.3 is 19.4 Å². The molecule has 3 heterocycles. The van der Waals surface area contributed by atoms with Crippen LogP contribution in [0.5, 0.6) is 5.75 Å². The number of imidazole rings is 1. The minimum Gasteiger partial charge on any atom is -0.494 e. The number of hydrogen-bond acceptors (Lipinski definition) is 6. The molecule has 1 fully saturated rings. The quantitative estimate of drug-likeness (QED) is 0.472. The average molecular weight is 485 g/mol. The van der Waals surface area contributed by atoms with Crippen molar-refractivity contribution in [1.29, 1.82) is 0 Å². The lowest BCUT2D eigenvalue weighted by Gasteiger charge is -2.38. The first-order chi connectivity index (χ1) is 16.4. The van der Waals surface area contributed by atoms with Crippen molar-refractivity contribution in [3.8, 4) is 11.4 Å². The van der Waals surface area contributed by atoms with E-state index in [9.17, 15) is 4.79 Å². The van der Waals surface area contributed by atoms with E-state index in [1.807, 2.05) is 19.9 Å². The van der Waals surface area contributed by atoms with Gasteiger partial charge in [-0.25, -0.2) is 9.37 Å². The Morgan fingerprint density at radius 2 is 2.03 bits per heavy atom. The lowest BCUT2D eigenvalue weighted by atomic mass is 10.1. The van der Waals surface area contributed by atoms with Crippen molar-refractivity contribution in [2.24, 2.45) is 0 Å². The zero-order chi connectivity index (χ0) is 24.0. The molecule has 34 heavy (non-hydrogen) atoms. The van der Waals surface area contributed by atoms with Gasteiger partial charge in [-0.1, -0.05) is 11.6 Å². The molecule has 2 atom stereocenters. The average Bonchev–Trinajstić information content (AvgIpc) is 3.51. The second kappa shape index (κ2) is 8.69. The first kappa shape index (κ1) is 22.3. The van der Waals surface area contributed by atoms with Crippen LogP contribution in [-0.2, 0) is 4.74 Å². The molecule has 5 rings (SSSR count). The van der Waals surface area contributed by atoms with E-state index in [0.717, 1.165) is 11.1 Å². The Morgan fingerprint density at radius 1 is 1.26 bits per heavy atom. The van der Waals surface area contributed by atoms with E-state index in [-0.39, 0.29) is 36.3 Å². The van der Waals surface area contributed by atoms with Crippen molar-refractivity contribution in [1.82, 2.24) is 29.9 Å². The van der Waals surface area contributed by atoms with E-state index in [1.165, 1.54) is 30.4 Å². The van der Waals surface area contributed by atoms with Crippen molar-refractivity contribution in [3.63, 3.8) is 0 Å². The third-order valence-corrected chi connectivity index (χ3v) is 6.37.